The van der Waals surface area contributed by atoms with Crippen LogP contribution in [0.1, 0.15) is 11.1 Å². The summed E-state index contributed by atoms with van der Waals surface area (Å²) in [6.45, 7) is 3.87. The second-order valence-electron chi connectivity index (χ2n) is 4.67. The summed E-state index contributed by atoms with van der Waals surface area (Å²) in [6, 6.07) is 3.66. The van der Waals surface area contributed by atoms with Crippen LogP contribution < -0.4 is 4.74 Å². The third-order valence-corrected chi connectivity index (χ3v) is 5.91. The number of aliphatic hydroxyl groups is 1. The minimum atomic E-state index is -3.18. The topological polar surface area (TPSA) is 63.6 Å². The number of sulfone groups is 1. The number of halogens is 1. The number of benzene rings is 1. The van der Waals surface area contributed by atoms with Crippen LogP contribution in [-0.2, 0) is 9.84 Å². The molecule has 2 atom stereocenters. The van der Waals surface area contributed by atoms with Crippen molar-refractivity contribution < 1.29 is 18.3 Å². The van der Waals surface area contributed by atoms with Crippen LogP contribution in [0.4, 0.5) is 0 Å². The van der Waals surface area contributed by atoms with Crippen LogP contribution >= 0.6 is 15.9 Å². The number of aliphatic hydroxyl groups excluding tert-OH is 1. The number of rotatable bonds is 2. The van der Waals surface area contributed by atoms with E-state index in [9.17, 15) is 13.5 Å². The highest BCUT2D eigenvalue weighted by molar-refractivity contribution is 9.10. The van der Waals surface area contributed by atoms with Crippen molar-refractivity contribution in [1.82, 2.24) is 0 Å². The molecule has 1 fully saturated rings. The molecule has 100 valence electrons. The second-order valence-corrected chi connectivity index (χ2v) is 7.62. The molecule has 2 rings (SSSR count). The normalized spacial score (nSPS) is 26.2. The average molecular weight is 335 g/mol. The predicted octanol–water partition coefficient (Wildman–Crippen LogP) is 1.60. The zero-order valence-corrected chi connectivity index (χ0v) is 12.6. The Morgan fingerprint density at radius 3 is 2.28 bits per heavy atom. The Morgan fingerprint density at radius 1 is 1.28 bits per heavy atom. The fourth-order valence-corrected chi connectivity index (χ4v) is 3.95. The first-order valence-electron chi connectivity index (χ1n) is 5.60. The van der Waals surface area contributed by atoms with Crippen LogP contribution in [0, 0.1) is 13.8 Å². The maximum absolute atomic E-state index is 11.4. The van der Waals surface area contributed by atoms with E-state index in [2.05, 4.69) is 15.9 Å². The van der Waals surface area contributed by atoms with Gasteiger partial charge in [-0.3, -0.25) is 0 Å². The van der Waals surface area contributed by atoms with Gasteiger partial charge in [0.1, 0.15) is 18.0 Å². The van der Waals surface area contributed by atoms with Gasteiger partial charge >= 0.3 is 0 Å². The molecule has 18 heavy (non-hydrogen) atoms. The van der Waals surface area contributed by atoms with Gasteiger partial charge in [0, 0.05) is 4.47 Å². The molecule has 2 unspecified atom stereocenters. The number of aryl methyl sites for hydroxylation is 2. The Hall–Kier alpha value is -0.590. The van der Waals surface area contributed by atoms with E-state index in [0.29, 0.717) is 5.75 Å². The molecule has 1 aromatic rings. The SMILES string of the molecule is Cc1cc(OC2CS(=O)(=O)CC2O)cc(C)c1Br. The van der Waals surface area contributed by atoms with E-state index in [0.717, 1.165) is 15.6 Å². The van der Waals surface area contributed by atoms with Crippen molar-refractivity contribution in [3.63, 3.8) is 0 Å². The molecular weight excluding hydrogens is 320 g/mol. The molecule has 0 aliphatic carbocycles. The maximum Gasteiger partial charge on any atom is 0.156 e. The van der Waals surface area contributed by atoms with Gasteiger partial charge < -0.3 is 9.84 Å². The van der Waals surface area contributed by atoms with Gasteiger partial charge in [0.05, 0.1) is 11.5 Å². The Bertz CT molecular complexity index is 544. The van der Waals surface area contributed by atoms with Crippen LogP contribution in [0.3, 0.4) is 0 Å². The first-order valence-corrected chi connectivity index (χ1v) is 8.22. The smallest absolute Gasteiger partial charge is 0.156 e. The predicted molar refractivity (Wildman–Crippen MR) is 72.7 cm³/mol. The van der Waals surface area contributed by atoms with E-state index >= 15 is 0 Å². The van der Waals surface area contributed by atoms with Crippen molar-refractivity contribution >= 4 is 25.8 Å². The van der Waals surface area contributed by atoms with Crippen LogP contribution in [0.25, 0.3) is 0 Å². The Balaban J connectivity index is 2.20. The van der Waals surface area contributed by atoms with E-state index < -0.39 is 22.0 Å². The summed E-state index contributed by atoms with van der Waals surface area (Å²) in [6.07, 6.45) is -1.62. The van der Waals surface area contributed by atoms with Crippen molar-refractivity contribution in [2.45, 2.75) is 26.1 Å². The summed E-state index contributed by atoms with van der Waals surface area (Å²) in [5, 5.41) is 9.67. The highest BCUT2D eigenvalue weighted by Crippen LogP contribution is 2.28. The van der Waals surface area contributed by atoms with Gasteiger partial charge in [-0.1, -0.05) is 15.9 Å². The Labute approximate surface area is 115 Å². The third-order valence-electron chi connectivity index (χ3n) is 2.97. The first-order chi connectivity index (χ1) is 8.28. The second kappa shape index (κ2) is 4.83. The first kappa shape index (κ1) is 13.8. The number of ether oxygens (including phenoxy) is 1. The van der Waals surface area contributed by atoms with Crippen molar-refractivity contribution in [1.29, 1.82) is 0 Å². The summed E-state index contributed by atoms with van der Waals surface area (Å²) in [4.78, 5) is 0. The van der Waals surface area contributed by atoms with Gasteiger partial charge in [0.15, 0.2) is 9.84 Å². The molecule has 4 nitrogen and oxygen atoms in total. The average Bonchev–Trinajstić information content (AvgIpc) is 2.48. The molecule has 0 bridgehead atoms. The minimum absolute atomic E-state index is 0.123. The van der Waals surface area contributed by atoms with Crippen LogP contribution in [0.15, 0.2) is 16.6 Å². The van der Waals surface area contributed by atoms with Crippen LogP contribution in [-0.4, -0.2) is 37.2 Å². The van der Waals surface area contributed by atoms with Gasteiger partial charge in [0.25, 0.3) is 0 Å². The zero-order valence-electron chi connectivity index (χ0n) is 10.2. The highest BCUT2D eigenvalue weighted by Gasteiger charge is 2.38. The Kier molecular flexibility index (Phi) is 3.71. The monoisotopic (exact) mass is 334 g/mol. The van der Waals surface area contributed by atoms with Crippen molar-refractivity contribution in [3.05, 3.63) is 27.7 Å². The van der Waals surface area contributed by atoms with E-state index in [1.807, 2.05) is 26.0 Å². The van der Waals surface area contributed by atoms with Gasteiger partial charge in [0.2, 0.25) is 0 Å². The fourth-order valence-electron chi connectivity index (χ4n) is 2.06. The van der Waals surface area contributed by atoms with E-state index in [4.69, 9.17) is 4.74 Å². The van der Waals surface area contributed by atoms with Crippen molar-refractivity contribution in [3.8, 4) is 5.75 Å². The van der Waals surface area contributed by atoms with Crippen molar-refractivity contribution in [2.75, 3.05) is 11.5 Å². The molecule has 0 aromatic heterocycles. The van der Waals surface area contributed by atoms with Gasteiger partial charge in [-0.2, -0.15) is 0 Å². The molecule has 0 saturated carbocycles. The molecule has 1 aliphatic heterocycles. The van der Waals surface area contributed by atoms with E-state index in [1.165, 1.54) is 0 Å². The molecule has 1 N–H and O–H groups in total. The number of hydrogen-bond donors (Lipinski definition) is 1. The van der Waals surface area contributed by atoms with Crippen molar-refractivity contribution in [2.24, 2.45) is 0 Å². The summed E-state index contributed by atoms with van der Waals surface area (Å²) in [5.41, 5.74) is 2.03. The Morgan fingerprint density at radius 2 is 1.83 bits per heavy atom. The standard InChI is InChI=1S/C12H15BrO4S/c1-7-3-9(4-8(2)12(7)13)17-11-6-18(15,16)5-10(11)14/h3-4,10-11,14H,5-6H2,1-2H3. The molecular formula is C12H15BrO4S. The lowest BCUT2D eigenvalue weighted by Gasteiger charge is -2.17. The largest absolute Gasteiger partial charge is 0.487 e. The van der Waals surface area contributed by atoms with Crippen LogP contribution in [0.2, 0.25) is 0 Å². The number of hydrogen-bond acceptors (Lipinski definition) is 4. The van der Waals surface area contributed by atoms with Gasteiger partial charge in [-0.15, -0.1) is 0 Å². The van der Waals surface area contributed by atoms with E-state index in [-0.39, 0.29) is 11.5 Å². The lowest BCUT2D eigenvalue weighted by molar-refractivity contribution is 0.0737. The summed E-state index contributed by atoms with van der Waals surface area (Å²) in [5.74, 6) is 0.253. The van der Waals surface area contributed by atoms with Crippen LogP contribution in [0.5, 0.6) is 5.75 Å². The lowest BCUT2D eigenvalue weighted by atomic mass is 10.1. The molecule has 1 heterocycles. The fraction of sp³-hybridized carbons (Fsp3) is 0.500. The lowest BCUT2D eigenvalue weighted by Crippen LogP contribution is -2.29. The summed E-state index contributed by atoms with van der Waals surface area (Å²) in [7, 11) is -3.18. The van der Waals surface area contributed by atoms with Gasteiger partial charge in [-0.25, -0.2) is 8.42 Å². The zero-order chi connectivity index (χ0) is 13.5. The molecule has 1 aliphatic rings. The molecule has 0 amide bonds. The molecule has 1 aromatic carbocycles. The molecule has 0 spiro atoms. The maximum atomic E-state index is 11.4. The molecule has 0 radical (unpaired) electrons. The van der Waals surface area contributed by atoms with E-state index in [1.54, 1.807) is 0 Å². The minimum Gasteiger partial charge on any atom is -0.487 e. The molecule has 6 heteroatoms. The highest BCUT2D eigenvalue weighted by atomic mass is 79.9. The summed E-state index contributed by atoms with van der Waals surface area (Å²) < 4.78 is 29.4. The van der Waals surface area contributed by atoms with Gasteiger partial charge in [-0.05, 0) is 37.1 Å². The third kappa shape index (κ3) is 2.87. The quantitative estimate of drug-likeness (QED) is 0.892. The summed E-state index contributed by atoms with van der Waals surface area (Å²) >= 11 is 3.46. The molecule has 1 saturated heterocycles.